The van der Waals surface area contributed by atoms with Gasteiger partial charge in [0.05, 0.1) is 5.56 Å². The average molecular weight is 333 g/mol. The van der Waals surface area contributed by atoms with Crippen molar-refractivity contribution in [1.29, 1.82) is 0 Å². The number of benzene rings is 2. The zero-order valence-corrected chi connectivity index (χ0v) is 11.9. The maximum Gasteiger partial charge on any atom is 0.198 e. The molecule has 0 aliphatic heterocycles. The van der Waals surface area contributed by atoms with E-state index in [9.17, 15) is 9.18 Å². The number of carbonyl (C=O) groups is 1. The summed E-state index contributed by atoms with van der Waals surface area (Å²) >= 11 is 3.41. The van der Waals surface area contributed by atoms with Gasteiger partial charge in [0.15, 0.2) is 5.78 Å². The molecule has 100 valence electrons. The number of rotatable bonds is 2. The van der Waals surface area contributed by atoms with E-state index in [4.69, 9.17) is 5.73 Å². The summed E-state index contributed by atoms with van der Waals surface area (Å²) in [5.41, 5.74) is 7.04. The van der Waals surface area contributed by atoms with Gasteiger partial charge in [-0.15, -0.1) is 0 Å². The fraction of sp³-hybridized carbons (Fsp3) is 0. The van der Waals surface area contributed by atoms with Crippen molar-refractivity contribution in [2.24, 2.45) is 0 Å². The standard InChI is InChI=1S/C15H10BrFN2O/c16-11-2-1-3-13-14(11)10(7-19-13)15(20)9-5-4-8(18)6-12(9)17/h1-7,19H,18H2. The van der Waals surface area contributed by atoms with Crippen LogP contribution < -0.4 is 5.73 Å². The molecule has 0 fully saturated rings. The summed E-state index contributed by atoms with van der Waals surface area (Å²) in [5, 5.41) is 0.744. The molecule has 20 heavy (non-hydrogen) atoms. The molecule has 0 aliphatic carbocycles. The minimum Gasteiger partial charge on any atom is -0.399 e. The van der Waals surface area contributed by atoms with Gasteiger partial charge < -0.3 is 10.7 Å². The molecule has 3 aromatic rings. The molecule has 5 heteroatoms. The van der Waals surface area contributed by atoms with Crippen molar-refractivity contribution in [3.8, 4) is 0 Å². The van der Waals surface area contributed by atoms with Gasteiger partial charge in [-0.3, -0.25) is 4.79 Å². The molecule has 3 nitrogen and oxygen atoms in total. The molecular formula is C15H10BrFN2O. The van der Waals surface area contributed by atoms with Crippen LogP contribution in [0.5, 0.6) is 0 Å². The van der Waals surface area contributed by atoms with Crippen molar-refractivity contribution in [2.75, 3.05) is 5.73 Å². The minimum atomic E-state index is -0.614. The van der Waals surface area contributed by atoms with Gasteiger partial charge in [-0.1, -0.05) is 22.0 Å². The number of anilines is 1. The molecule has 1 heterocycles. The lowest BCUT2D eigenvalue weighted by Crippen LogP contribution is -2.04. The number of hydrogen-bond donors (Lipinski definition) is 2. The van der Waals surface area contributed by atoms with Crippen LogP contribution in [0.4, 0.5) is 10.1 Å². The molecule has 0 atom stereocenters. The van der Waals surface area contributed by atoms with Crippen molar-refractivity contribution in [3.05, 3.63) is 64.0 Å². The van der Waals surface area contributed by atoms with E-state index in [-0.39, 0.29) is 11.3 Å². The van der Waals surface area contributed by atoms with Gasteiger partial charge in [-0.2, -0.15) is 0 Å². The van der Waals surface area contributed by atoms with Crippen molar-refractivity contribution >= 4 is 38.3 Å². The number of nitrogens with one attached hydrogen (secondary N) is 1. The number of ketones is 1. The number of nitrogens with two attached hydrogens (primary N) is 1. The Kier molecular flexibility index (Phi) is 3.06. The van der Waals surface area contributed by atoms with Crippen LogP contribution in [0.1, 0.15) is 15.9 Å². The van der Waals surface area contributed by atoms with Gasteiger partial charge >= 0.3 is 0 Å². The highest BCUT2D eigenvalue weighted by Gasteiger charge is 2.19. The van der Waals surface area contributed by atoms with Gasteiger partial charge in [-0.05, 0) is 30.3 Å². The smallest absolute Gasteiger partial charge is 0.198 e. The maximum atomic E-state index is 13.9. The first-order valence-electron chi connectivity index (χ1n) is 5.93. The zero-order valence-electron chi connectivity index (χ0n) is 10.3. The van der Waals surface area contributed by atoms with E-state index in [1.54, 1.807) is 6.20 Å². The van der Waals surface area contributed by atoms with Gasteiger partial charge in [-0.25, -0.2) is 4.39 Å². The summed E-state index contributed by atoms with van der Waals surface area (Å²) in [7, 11) is 0. The third kappa shape index (κ3) is 2.00. The number of H-pyrrole nitrogens is 1. The summed E-state index contributed by atoms with van der Waals surface area (Å²) in [6.07, 6.45) is 1.59. The van der Waals surface area contributed by atoms with Gasteiger partial charge in [0.25, 0.3) is 0 Å². The Morgan fingerprint density at radius 2 is 2.00 bits per heavy atom. The van der Waals surface area contributed by atoms with Crippen LogP contribution in [-0.4, -0.2) is 10.8 Å². The molecular weight excluding hydrogens is 323 g/mol. The topological polar surface area (TPSA) is 58.9 Å². The van der Waals surface area contributed by atoms with E-state index in [1.165, 1.54) is 12.1 Å². The lowest BCUT2D eigenvalue weighted by molar-refractivity contribution is 0.103. The summed E-state index contributed by atoms with van der Waals surface area (Å²) < 4.78 is 14.7. The summed E-state index contributed by atoms with van der Waals surface area (Å²) in [4.78, 5) is 15.5. The molecule has 0 amide bonds. The number of fused-ring (bicyclic) bond motifs is 1. The Hall–Kier alpha value is -2.14. The number of aromatic amines is 1. The van der Waals surface area contributed by atoms with Crippen LogP contribution in [0.3, 0.4) is 0 Å². The predicted molar refractivity (Wildman–Crippen MR) is 80.2 cm³/mol. The maximum absolute atomic E-state index is 13.9. The van der Waals surface area contributed by atoms with E-state index in [0.29, 0.717) is 11.3 Å². The van der Waals surface area contributed by atoms with Gasteiger partial charge in [0.2, 0.25) is 0 Å². The second-order valence-electron chi connectivity index (χ2n) is 4.43. The SMILES string of the molecule is Nc1ccc(C(=O)c2c[nH]c3cccc(Br)c23)c(F)c1. The van der Waals surface area contributed by atoms with Crippen LogP contribution in [0, 0.1) is 5.82 Å². The molecule has 2 aromatic carbocycles. The monoisotopic (exact) mass is 332 g/mol. The molecule has 0 unspecified atom stereocenters. The quantitative estimate of drug-likeness (QED) is 0.552. The number of carbonyl (C=O) groups excluding carboxylic acids is 1. The highest BCUT2D eigenvalue weighted by atomic mass is 79.9. The molecule has 3 rings (SSSR count). The lowest BCUT2D eigenvalue weighted by atomic mass is 10.0. The van der Waals surface area contributed by atoms with Crippen LogP contribution in [0.25, 0.3) is 10.9 Å². The summed E-state index contributed by atoms with van der Waals surface area (Å²) in [6.45, 7) is 0. The molecule has 0 aliphatic rings. The second kappa shape index (κ2) is 4.76. The number of hydrogen-bond acceptors (Lipinski definition) is 2. The third-order valence-corrected chi connectivity index (χ3v) is 3.80. The Morgan fingerprint density at radius 1 is 1.20 bits per heavy atom. The number of nitrogen functional groups attached to an aromatic ring is 1. The first-order valence-corrected chi connectivity index (χ1v) is 6.72. The first-order chi connectivity index (χ1) is 9.58. The highest BCUT2D eigenvalue weighted by molar-refractivity contribution is 9.10. The second-order valence-corrected chi connectivity index (χ2v) is 5.29. The summed E-state index contributed by atoms with van der Waals surface area (Å²) in [5.74, 6) is -0.989. The normalized spacial score (nSPS) is 10.9. The molecule has 3 N–H and O–H groups in total. The summed E-state index contributed by atoms with van der Waals surface area (Å²) in [6, 6.07) is 9.63. The molecule has 0 radical (unpaired) electrons. The molecule has 0 saturated heterocycles. The fourth-order valence-corrected chi connectivity index (χ4v) is 2.76. The van der Waals surface area contributed by atoms with E-state index >= 15 is 0 Å². The molecule has 0 saturated carbocycles. The Labute approximate surface area is 122 Å². The first kappa shape index (κ1) is 12.9. The highest BCUT2D eigenvalue weighted by Crippen LogP contribution is 2.29. The zero-order chi connectivity index (χ0) is 14.3. The van der Waals surface area contributed by atoms with Crippen LogP contribution >= 0.6 is 15.9 Å². The van der Waals surface area contributed by atoms with Crippen molar-refractivity contribution < 1.29 is 9.18 Å². The fourth-order valence-electron chi connectivity index (χ4n) is 2.18. The van der Waals surface area contributed by atoms with Gasteiger partial charge in [0, 0.05) is 32.8 Å². The van der Waals surface area contributed by atoms with E-state index < -0.39 is 5.82 Å². The third-order valence-electron chi connectivity index (χ3n) is 3.14. The Bertz CT molecular complexity index is 826. The Balaban J connectivity index is 2.18. The van der Waals surface area contributed by atoms with Crippen molar-refractivity contribution in [1.82, 2.24) is 4.98 Å². The molecule has 0 bridgehead atoms. The van der Waals surface area contributed by atoms with Crippen LogP contribution in [-0.2, 0) is 0 Å². The van der Waals surface area contributed by atoms with Gasteiger partial charge in [0.1, 0.15) is 5.82 Å². The van der Waals surface area contributed by atoms with Crippen molar-refractivity contribution in [2.45, 2.75) is 0 Å². The molecule has 1 aromatic heterocycles. The number of halogens is 2. The molecule has 0 spiro atoms. The minimum absolute atomic E-state index is 0.0100. The van der Waals surface area contributed by atoms with Crippen LogP contribution in [0.15, 0.2) is 47.1 Å². The van der Waals surface area contributed by atoms with Crippen molar-refractivity contribution in [3.63, 3.8) is 0 Å². The van der Waals surface area contributed by atoms with E-state index in [2.05, 4.69) is 20.9 Å². The van der Waals surface area contributed by atoms with E-state index in [1.807, 2.05) is 18.2 Å². The average Bonchev–Trinajstić information content (AvgIpc) is 2.83. The predicted octanol–water partition coefficient (Wildman–Crippen LogP) is 3.88. The van der Waals surface area contributed by atoms with Crippen LogP contribution in [0.2, 0.25) is 0 Å². The largest absolute Gasteiger partial charge is 0.399 e. The lowest BCUT2D eigenvalue weighted by Gasteiger charge is -2.03. The van der Waals surface area contributed by atoms with E-state index in [0.717, 1.165) is 21.4 Å². The Morgan fingerprint density at radius 3 is 2.75 bits per heavy atom. The number of aromatic nitrogens is 1.